The van der Waals surface area contributed by atoms with Crippen LogP contribution >= 0.6 is 11.8 Å². The summed E-state index contributed by atoms with van der Waals surface area (Å²) < 4.78 is 5.91. The first-order valence-electron chi connectivity index (χ1n) is 7.69. The fourth-order valence-corrected chi connectivity index (χ4v) is 4.09. The van der Waals surface area contributed by atoms with Gasteiger partial charge in [-0.25, -0.2) is 4.79 Å². The number of fused-ring (bicyclic) bond motifs is 1. The van der Waals surface area contributed by atoms with Gasteiger partial charge in [0, 0.05) is 26.7 Å². The third-order valence-electron chi connectivity index (χ3n) is 4.22. The lowest BCUT2D eigenvalue weighted by molar-refractivity contribution is -0.158. The fraction of sp³-hybridized carbons (Fsp3) is 0.857. The van der Waals surface area contributed by atoms with Gasteiger partial charge in [-0.3, -0.25) is 4.99 Å². The first-order valence-corrected chi connectivity index (χ1v) is 8.57. The number of thioether (sulfide) groups is 1. The topological polar surface area (TPSA) is 106 Å². The molecule has 0 aromatic heterocycles. The van der Waals surface area contributed by atoms with E-state index in [-0.39, 0.29) is 11.5 Å². The van der Waals surface area contributed by atoms with E-state index in [0.29, 0.717) is 13.0 Å². The van der Waals surface area contributed by atoms with Crippen molar-refractivity contribution < 1.29 is 24.9 Å². The van der Waals surface area contributed by atoms with Gasteiger partial charge >= 0.3 is 6.09 Å². The molecule has 1 saturated heterocycles. The third kappa shape index (κ3) is 3.73. The summed E-state index contributed by atoms with van der Waals surface area (Å²) in [6.07, 6.45) is -3.41. The summed E-state index contributed by atoms with van der Waals surface area (Å²) in [5.41, 5.74) is -0.358. The maximum absolute atomic E-state index is 11.2. The monoisotopic (exact) mass is 347 g/mol. The zero-order valence-electron chi connectivity index (χ0n) is 13.8. The Hall–Kier alpha value is -1.03. The van der Waals surface area contributed by atoms with Crippen molar-refractivity contribution in [2.75, 3.05) is 20.6 Å². The van der Waals surface area contributed by atoms with Gasteiger partial charge in [-0.05, 0) is 20.3 Å². The minimum Gasteiger partial charge on any atom is -0.465 e. The van der Waals surface area contributed by atoms with Crippen molar-refractivity contribution in [2.24, 2.45) is 4.99 Å². The number of ether oxygens (including phenoxy) is 1. The third-order valence-corrected chi connectivity index (χ3v) is 5.53. The van der Waals surface area contributed by atoms with E-state index in [1.165, 1.54) is 16.7 Å². The molecule has 2 rings (SSSR count). The Kier molecular flexibility index (Phi) is 5.77. The fourth-order valence-electron chi connectivity index (χ4n) is 2.93. The molecule has 23 heavy (non-hydrogen) atoms. The highest BCUT2D eigenvalue weighted by atomic mass is 32.2. The van der Waals surface area contributed by atoms with Gasteiger partial charge in [0.05, 0.1) is 6.10 Å². The Balaban J connectivity index is 2.05. The van der Waals surface area contributed by atoms with Gasteiger partial charge in [0.2, 0.25) is 0 Å². The Morgan fingerprint density at radius 1 is 1.39 bits per heavy atom. The smallest absolute Gasteiger partial charge is 0.407 e. The number of aliphatic hydroxyl groups excluding tert-OH is 2. The first kappa shape index (κ1) is 18.3. The Morgan fingerprint density at radius 2 is 2.04 bits per heavy atom. The molecule has 2 aliphatic heterocycles. The predicted octanol–water partition coefficient (Wildman–Crippen LogP) is 0.245. The number of amides is 1. The molecular formula is C14H25N3O5S. The molecule has 9 heteroatoms. The second-order valence-electron chi connectivity index (χ2n) is 6.09. The van der Waals surface area contributed by atoms with Crippen molar-refractivity contribution in [1.29, 1.82) is 0 Å². The van der Waals surface area contributed by atoms with Crippen LogP contribution in [0.1, 0.15) is 20.3 Å². The number of hydrogen-bond donors (Lipinski definition) is 3. The summed E-state index contributed by atoms with van der Waals surface area (Å²) >= 11 is 1.41. The minimum atomic E-state index is -1.09. The average molecular weight is 347 g/mol. The highest BCUT2D eigenvalue weighted by molar-refractivity contribution is 8.14. The van der Waals surface area contributed by atoms with E-state index >= 15 is 0 Å². The van der Waals surface area contributed by atoms with Crippen LogP contribution in [0.5, 0.6) is 0 Å². The Morgan fingerprint density at radius 3 is 2.57 bits per heavy atom. The summed E-state index contributed by atoms with van der Waals surface area (Å²) in [6.45, 7) is 3.89. The number of amidine groups is 1. The largest absolute Gasteiger partial charge is 0.465 e. The lowest BCUT2D eigenvalue weighted by Gasteiger charge is -2.40. The molecule has 0 radical (unpaired) electrons. The van der Waals surface area contributed by atoms with Crippen molar-refractivity contribution in [3.8, 4) is 0 Å². The van der Waals surface area contributed by atoms with Crippen LogP contribution in [0.15, 0.2) is 4.99 Å². The van der Waals surface area contributed by atoms with Crippen molar-refractivity contribution in [3.05, 3.63) is 0 Å². The quantitative estimate of drug-likeness (QED) is 0.669. The second-order valence-corrected chi connectivity index (χ2v) is 7.16. The summed E-state index contributed by atoms with van der Waals surface area (Å²) in [7, 11) is 3.72. The van der Waals surface area contributed by atoms with Crippen LogP contribution in [-0.4, -0.2) is 92.9 Å². The summed E-state index contributed by atoms with van der Waals surface area (Å²) in [5.74, 6) is 0. The van der Waals surface area contributed by atoms with E-state index in [1.54, 1.807) is 13.8 Å². The number of aliphatic hydroxyl groups is 2. The average Bonchev–Trinajstić information content (AvgIpc) is 2.89. The van der Waals surface area contributed by atoms with Crippen LogP contribution in [0.3, 0.4) is 0 Å². The molecule has 2 aliphatic rings. The van der Waals surface area contributed by atoms with Crippen LogP contribution in [0, 0.1) is 0 Å². The van der Waals surface area contributed by atoms with Gasteiger partial charge < -0.3 is 29.9 Å². The number of carbonyl (C=O) groups is 1. The zero-order valence-corrected chi connectivity index (χ0v) is 14.6. The Bertz CT molecular complexity index is 475. The van der Waals surface area contributed by atoms with E-state index in [2.05, 4.69) is 4.99 Å². The molecule has 0 aromatic carbocycles. The van der Waals surface area contributed by atoms with Crippen LogP contribution in [-0.2, 0) is 4.74 Å². The summed E-state index contributed by atoms with van der Waals surface area (Å²) in [5, 5.41) is 30.6. The molecule has 132 valence electrons. The lowest BCUT2D eigenvalue weighted by Crippen LogP contribution is -2.56. The van der Waals surface area contributed by atoms with Crippen molar-refractivity contribution in [2.45, 2.75) is 56.1 Å². The van der Waals surface area contributed by atoms with Gasteiger partial charge in [0.25, 0.3) is 0 Å². The van der Waals surface area contributed by atoms with Crippen LogP contribution in [0.2, 0.25) is 0 Å². The highest BCUT2D eigenvalue weighted by Gasteiger charge is 2.48. The van der Waals surface area contributed by atoms with Gasteiger partial charge in [0.1, 0.15) is 23.7 Å². The number of hydrogen-bond acceptors (Lipinski definition) is 7. The van der Waals surface area contributed by atoms with Crippen molar-refractivity contribution in [3.63, 3.8) is 0 Å². The molecule has 1 unspecified atom stereocenters. The zero-order chi connectivity index (χ0) is 17.3. The number of rotatable bonds is 4. The van der Waals surface area contributed by atoms with Gasteiger partial charge in [-0.1, -0.05) is 11.8 Å². The normalized spacial score (nSPS) is 34.5. The molecule has 8 nitrogen and oxygen atoms in total. The van der Waals surface area contributed by atoms with E-state index in [1.807, 2.05) is 19.0 Å². The summed E-state index contributed by atoms with van der Waals surface area (Å²) in [4.78, 5) is 18.7. The van der Waals surface area contributed by atoms with E-state index in [0.717, 1.165) is 5.17 Å². The molecule has 6 atom stereocenters. The maximum Gasteiger partial charge on any atom is 0.407 e. The molecule has 3 N–H and O–H groups in total. The van der Waals surface area contributed by atoms with Gasteiger partial charge in [0.15, 0.2) is 5.17 Å². The molecule has 1 amide bonds. The number of nitrogens with zero attached hydrogens (tertiary/aromatic N) is 3. The first-order chi connectivity index (χ1) is 10.8. The summed E-state index contributed by atoms with van der Waals surface area (Å²) in [6, 6.07) is -0.817. The lowest BCUT2D eigenvalue weighted by atomic mass is 9.94. The predicted molar refractivity (Wildman–Crippen MR) is 87.7 cm³/mol. The molecule has 0 aromatic rings. The molecule has 0 bridgehead atoms. The molecular weight excluding hydrogens is 322 g/mol. The van der Waals surface area contributed by atoms with Gasteiger partial charge in [-0.15, -0.1) is 0 Å². The van der Waals surface area contributed by atoms with Crippen LogP contribution in [0.25, 0.3) is 0 Å². The minimum absolute atomic E-state index is 0.318. The standard InChI is InChI=1S/C14H25N3O5S/c1-5-17(14(20)21)7(2)6-8-10(18)11(19)9-12(22-8)23-13(15-9)16(3)4/h7-12,18-19H,5-6H2,1-4H3,(H,20,21)/t7?,8-,9-,10-,11-,12-/m1/s1. The maximum atomic E-state index is 11.2. The molecule has 1 fully saturated rings. The van der Waals surface area contributed by atoms with E-state index in [9.17, 15) is 20.1 Å². The van der Waals surface area contributed by atoms with E-state index in [4.69, 9.17) is 4.74 Å². The van der Waals surface area contributed by atoms with E-state index < -0.39 is 30.4 Å². The molecule has 0 saturated carbocycles. The number of carboxylic acid groups (broad SMARTS) is 1. The second kappa shape index (κ2) is 7.25. The van der Waals surface area contributed by atoms with Crippen LogP contribution < -0.4 is 0 Å². The molecule has 0 aliphatic carbocycles. The van der Waals surface area contributed by atoms with Crippen molar-refractivity contribution >= 4 is 23.0 Å². The SMILES string of the molecule is CCN(C(=O)O)C(C)C[C@H]1O[C@@H]2SC(N(C)C)=N[C@@H]2[C@@H](O)[C@@H]1O. The molecule has 0 spiro atoms. The van der Waals surface area contributed by atoms with Gasteiger partial charge in [-0.2, -0.15) is 0 Å². The number of aliphatic imine (C=N–C) groups is 1. The van der Waals surface area contributed by atoms with Crippen molar-refractivity contribution in [1.82, 2.24) is 9.80 Å². The van der Waals surface area contributed by atoms with Crippen LogP contribution in [0.4, 0.5) is 4.79 Å². The Labute approximate surface area is 140 Å². The molecule has 2 heterocycles. The highest BCUT2D eigenvalue weighted by Crippen LogP contribution is 2.38.